The van der Waals surface area contributed by atoms with Gasteiger partial charge in [0, 0.05) is 8.80 Å². The van der Waals surface area contributed by atoms with Gasteiger partial charge in [0.25, 0.3) is 0 Å². The molecule has 0 saturated carbocycles. The van der Waals surface area contributed by atoms with E-state index < -0.39 is 0 Å². The second-order valence-corrected chi connectivity index (χ2v) is 6.20. The van der Waals surface area contributed by atoms with Crippen LogP contribution in [0.4, 0.5) is 0 Å². The summed E-state index contributed by atoms with van der Waals surface area (Å²) in [5, 5.41) is 0. The summed E-state index contributed by atoms with van der Waals surface area (Å²) in [6, 6.07) is 1.34. The summed E-state index contributed by atoms with van der Waals surface area (Å²) in [5.41, 5.74) is 0. The summed E-state index contributed by atoms with van der Waals surface area (Å²) in [6.07, 6.45) is 10.1. The van der Waals surface area contributed by atoms with Crippen LogP contribution < -0.4 is 0 Å². The highest BCUT2D eigenvalue weighted by atomic mass is 28.3. The van der Waals surface area contributed by atoms with Crippen LogP contribution in [0.15, 0.2) is 12.2 Å². The van der Waals surface area contributed by atoms with Crippen LogP contribution in [0.2, 0.25) is 19.1 Å². The van der Waals surface area contributed by atoms with Crippen molar-refractivity contribution in [2.45, 2.75) is 51.7 Å². The summed E-state index contributed by atoms with van der Waals surface area (Å²) in [7, 11) is -0.0140. The van der Waals surface area contributed by atoms with Crippen molar-refractivity contribution < 1.29 is 0 Å². The van der Waals surface area contributed by atoms with E-state index in [1.54, 1.807) is 0 Å². The van der Waals surface area contributed by atoms with Crippen molar-refractivity contribution in [1.82, 2.24) is 0 Å². The Morgan fingerprint density at radius 3 is 2.36 bits per heavy atom. The minimum absolute atomic E-state index is 0.0140. The first-order chi connectivity index (χ1) is 5.27. The summed E-state index contributed by atoms with van der Waals surface area (Å²) in [5.74, 6) is 0. The van der Waals surface area contributed by atoms with Gasteiger partial charge in [-0.15, -0.1) is 0 Å². The summed E-state index contributed by atoms with van der Waals surface area (Å²) in [6.45, 7) is 6.98. The first-order valence-corrected chi connectivity index (χ1v) is 7.42. The fourth-order valence-electron chi connectivity index (χ4n) is 0.949. The van der Waals surface area contributed by atoms with Crippen LogP contribution in [0.1, 0.15) is 32.6 Å². The second-order valence-electron chi connectivity index (χ2n) is 3.38. The van der Waals surface area contributed by atoms with E-state index in [1.165, 1.54) is 31.7 Å². The molecule has 0 atom stereocenters. The molecule has 1 radical (unpaired) electrons. The average molecular weight is 169 g/mol. The van der Waals surface area contributed by atoms with Crippen LogP contribution in [-0.2, 0) is 0 Å². The molecule has 1 heteroatoms. The normalized spacial score (nSPS) is 11.6. The highest BCUT2D eigenvalue weighted by molar-refractivity contribution is 6.56. The first kappa shape index (κ1) is 11.0. The molecule has 0 aliphatic rings. The van der Waals surface area contributed by atoms with Crippen LogP contribution >= 0.6 is 0 Å². The number of hydrogen-bond donors (Lipinski definition) is 0. The van der Waals surface area contributed by atoms with Gasteiger partial charge in [-0.3, -0.25) is 0 Å². The Labute approximate surface area is 73.3 Å². The lowest BCUT2D eigenvalue weighted by Crippen LogP contribution is -1.94. The minimum atomic E-state index is -0.0140. The van der Waals surface area contributed by atoms with Gasteiger partial charge in [-0.1, -0.05) is 45.0 Å². The molecule has 0 aromatic rings. The van der Waals surface area contributed by atoms with Crippen LogP contribution in [0, 0.1) is 0 Å². The molecule has 65 valence electrons. The van der Waals surface area contributed by atoms with E-state index in [0.717, 1.165) is 0 Å². The van der Waals surface area contributed by atoms with Crippen molar-refractivity contribution in [3.63, 3.8) is 0 Å². The lowest BCUT2D eigenvalue weighted by molar-refractivity contribution is 0.729. The van der Waals surface area contributed by atoms with Crippen LogP contribution in [0.3, 0.4) is 0 Å². The molecular weight excluding hydrogens is 148 g/mol. The Kier molecular flexibility index (Phi) is 8.03. The molecule has 11 heavy (non-hydrogen) atoms. The van der Waals surface area contributed by atoms with E-state index in [0.29, 0.717) is 0 Å². The third-order valence-electron chi connectivity index (χ3n) is 1.67. The van der Waals surface area contributed by atoms with E-state index in [9.17, 15) is 0 Å². The summed E-state index contributed by atoms with van der Waals surface area (Å²) in [4.78, 5) is 0. The molecule has 0 fully saturated rings. The van der Waals surface area contributed by atoms with Gasteiger partial charge in [0.05, 0.1) is 0 Å². The second kappa shape index (κ2) is 8.06. The van der Waals surface area contributed by atoms with E-state index in [1.807, 2.05) is 0 Å². The van der Waals surface area contributed by atoms with Gasteiger partial charge >= 0.3 is 0 Å². The molecule has 0 heterocycles. The zero-order valence-corrected chi connectivity index (χ0v) is 9.19. The van der Waals surface area contributed by atoms with Gasteiger partial charge in [-0.05, 0) is 18.9 Å². The smallest absolute Gasteiger partial charge is 0.0452 e. The van der Waals surface area contributed by atoms with Gasteiger partial charge < -0.3 is 0 Å². The van der Waals surface area contributed by atoms with Crippen LogP contribution in [-0.4, -0.2) is 8.80 Å². The maximum absolute atomic E-state index is 2.37. The molecule has 0 aromatic carbocycles. The average Bonchev–Trinajstić information content (AvgIpc) is 1.96. The fraction of sp³-hybridized carbons (Fsp3) is 0.800. The van der Waals surface area contributed by atoms with Gasteiger partial charge in [0.1, 0.15) is 0 Å². The molecule has 0 saturated heterocycles. The Morgan fingerprint density at radius 2 is 1.82 bits per heavy atom. The third kappa shape index (κ3) is 9.96. The van der Waals surface area contributed by atoms with Crippen molar-refractivity contribution >= 4 is 8.80 Å². The number of hydrogen-bond acceptors (Lipinski definition) is 0. The summed E-state index contributed by atoms with van der Waals surface area (Å²) >= 11 is 0. The lowest BCUT2D eigenvalue weighted by Gasteiger charge is -1.94. The molecule has 0 aliphatic carbocycles. The molecule has 0 rings (SSSR count). The monoisotopic (exact) mass is 169 g/mol. The van der Waals surface area contributed by atoms with E-state index in [2.05, 4.69) is 32.2 Å². The first-order valence-electron chi connectivity index (χ1n) is 4.71. The maximum Gasteiger partial charge on any atom is 0.0452 e. The Balaban J connectivity index is 3.03. The van der Waals surface area contributed by atoms with Crippen molar-refractivity contribution in [1.29, 1.82) is 0 Å². The largest absolute Gasteiger partial charge is 0.0914 e. The van der Waals surface area contributed by atoms with Gasteiger partial charge in [0.2, 0.25) is 0 Å². The Bertz CT molecular complexity index is 95.0. The zero-order valence-electron chi connectivity index (χ0n) is 8.19. The van der Waals surface area contributed by atoms with E-state index in [4.69, 9.17) is 0 Å². The number of unbranched alkanes of at least 4 members (excludes halogenated alkanes) is 3. The van der Waals surface area contributed by atoms with Crippen molar-refractivity contribution in [2.75, 3.05) is 0 Å². The highest BCUT2D eigenvalue weighted by Crippen LogP contribution is 2.01. The Morgan fingerprint density at radius 1 is 1.09 bits per heavy atom. The van der Waals surface area contributed by atoms with Crippen molar-refractivity contribution in [3.05, 3.63) is 12.2 Å². The molecule has 0 aliphatic heterocycles. The predicted molar refractivity (Wildman–Crippen MR) is 55.6 cm³/mol. The SMILES string of the molecule is CCCCCC=CC[Si](C)C. The summed E-state index contributed by atoms with van der Waals surface area (Å²) < 4.78 is 0. The minimum Gasteiger partial charge on any atom is -0.0914 e. The van der Waals surface area contributed by atoms with Crippen LogP contribution in [0.25, 0.3) is 0 Å². The number of rotatable bonds is 6. The van der Waals surface area contributed by atoms with E-state index >= 15 is 0 Å². The molecule has 0 unspecified atom stereocenters. The molecule has 0 spiro atoms. The van der Waals surface area contributed by atoms with Crippen LogP contribution in [0.5, 0.6) is 0 Å². The maximum atomic E-state index is 2.37. The number of allylic oxidation sites excluding steroid dienone is 2. The van der Waals surface area contributed by atoms with Crippen molar-refractivity contribution in [3.8, 4) is 0 Å². The standard InChI is InChI=1S/C10H21Si/c1-4-5-6-7-8-9-10-11(2)3/h8-9H,4-7,10H2,1-3H3. The van der Waals surface area contributed by atoms with Gasteiger partial charge in [-0.25, -0.2) is 0 Å². The fourth-order valence-corrected chi connectivity index (χ4v) is 1.59. The Hall–Kier alpha value is -0.0431. The third-order valence-corrected chi connectivity index (χ3v) is 2.72. The topological polar surface area (TPSA) is 0 Å². The quantitative estimate of drug-likeness (QED) is 0.321. The van der Waals surface area contributed by atoms with E-state index in [-0.39, 0.29) is 8.80 Å². The molecule has 0 aromatic heterocycles. The predicted octanol–water partition coefficient (Wildman–Crippen LogP) is 3.88. The molecular formula is C10H21Si. The zero-order chi connectivity index (χ0) is 8.53. The molecule has 0 bridgehead atoms. The molecule has 0 amide bonds. The molecule has 0 nitrogen and oxygen atoms in total. The highest BCUT2D eigenvalue weighted by Gasteiger charge is 1.88. The molecule has 0 N–H and O–H groups in total. The van der Waals surface area contributed by atoms with Crippen molar-refractivity contribution in [2.24, 2.45) is 0 Å². The van der Waals surface area contributed by atoms with Gasteiger partial charge in [-0.2, -0.15) is 0 Å². The van der Waals surface area contributed by atoms with Gasteiger partial charge in [0.15, 0.2) is 0 Å². The lowest BCUT2D eigenvalue weighted by atomic mass is 10.2.